The van der Waals surface area contributed by atoms with Gasteiger partial charge in [0.1, 0.15) is 0 Å². The quantitative estimate of drug-likeness (QED) is 0.497. The molecule has 2 aromatic rings. The Bertz CT molecular complexity index is 936. The summed E-state index contributed by atoms with van der Waals surface area (Å²) in [5.74, 6) is -0.499. The minimum Gasteiger partial charge on any atom is -0.468 e. The van der Waals surface area contributed by atoms with Crippen LogP contribution in [-0.4, -0.2) is 46.3 Å². The number of hydrogen-bond acceptors (Lipinski definition) is 3. The van der Waals surface area contributed by atoms with Crippen molar-refractivity contribution in [3.05, 3.63) is 48.2 Å². The first kappa shape index (κ1) is 18.1. The largest absolute Gasteiger partial charge is 0.468 e. The van der Waals surface area contributed by atoms with E-state index in [0.29, 0.717) is 13.0 Å². The number of nitrogens with zero attached hydrogens (tertiary/aromatic N) is 1. The summed E-state index contributed by atoms with van der Waals surface area (Å²) < 4.78 is 4.98. The van der Waals surface area contributed by atoms with Crippen LogP contribution in [0.5, 0.6) is 0 Å². The maximum Gasteiger partial charge on any atom is 0.329 e. The number of fused-ring (bicyclic) bond motifs is 3. The Morgan fingerprint density at radius 1 is 1.37 bits per heavy atom. The number of alkyl halides is 1. The Morgan fingerprint density at radius 2 is 2.15 bits per heavy atom. The predicted octanol–water partition coefficient (Wildman–Crippen LogP) is 3.43. The second kappa shape index (κ2) is 6.41. The average molecular weight is 387 g/mol. The fourth-order valence-corrected chi connectivity index (χ4v) is 5.06. The van der Waals surface area contributed by atoms with Gasteiger partial charge in [0.05, 0.1) is 19.6 Å². The van der Waals surface area contributed by atoms with E-state index in [1.807, 2.05) is 36.5 Å². The van der Waals surface area contributed by atoms with E-state index in [-0.39, 0.29) is 17.7 Å². The maximum absolute atomic E-state index is 13.2. The lowest BCUT2D eigenvalue weighted by Crippen LogP contribution is -2.66. The molecule has 5 rings (SSSR count). The molecule has 0 spiro atoms. The monoisotopic (exact) mass is 386 g/mol. The van der Waals surface area contributed by atoms with E-state index in [1.54, 1.807) is 4.90 Å². The summed E-state index contributed by atoms with van der Waals surface area (Å²) in [7, 11) is 1.34. The van der Waals surface area contributed by atoms with Crippen LogP contribution in [0.1, 0.15) is 25.3 Å². The molecule has 1 aromatic heterocycles. The zero-order chi connectivity index (χ0) is 19.2. The van der Waals surface area contributed by atoms with Gasteiger partial charge in [-0.25, -0.2) is 0 Å². The van der Waals surface area contributed by atoms with Crippen molar-refractivity contribution in [3.8, 4) is 0 Å². The number of aromatic amines is 1. The molecule has 1 aromatic carbocycles. The number of ether oxygens (including phenoxy) is 1. The van der Waals surface area contributed by atoms with Crippen molar-refractivity contribution in [3.63, 3.8) is 0 Å². The lowest BCUT2D eigenvalue weighted by atomic mass is 9.65. The molecule has 142 valence electrons. The second-order valence-electron chi connectivity index (χ2n) is 7.61. The summed E-state index contributed by atoms with van der Waals surface area (Å²) in [4.78, 5) is 29.4. The van der Waals surface area contributed by atoms with E-state index in [2.05, 4.69) is 18.0 Å². The molecule has 5 nitrogen and oxygen atoms in total. The van der Waals surface area contributed by atoms with E-state index in [9.17, 15) is 9.59 Å². The topological polar surface area (TPSA) is 62.4 Å². The van der Waals surface area contributed by atoms with Crippen LogP contribution in [0.15, 0.2) is 42.6 Å². The van der Waals surface area contributed by atoms with Gasteiger partial charge in [-0.1, -0.05) is 37.3 Å². The third kappa shape index (κ3) is 2.76. The number of piperidine rings is 1. The molecule has 3 aliphatic rings. The molecule has 0 unspecified atom stereocenters. The summed E-state index contributed by atoms with van der Waals surface area (Å²) in [6.45, 7) is 2.64. The number of carbonyl (C=O) groups is 2. The first-order chi connectivity index (χ1) is 12.9. The molecule has 1 fully saturated rings. The maximum atomic E-state index is 13.2. The highest BCUT2D eigenvalue weighted by Crippen LogP contribution is 2.51. The summed E-state index contributed by atoms with van der Waals surface area (Å²) in [6.07, 6.45) is 7.47. The fourth-order valence-electron chi connectivity index (χ4n) is 4.52. The van der Waals surface area contributed by atoms with Gasteiger partial charge >= 0.3 is 5.97 Å². The third-order valence-corrected chi connectivity index (χ3v) is 6.61. The highest BCUT2D eigenvalue weighted by Gasteiger charge is 2.59. The predicted molar refractivity (Wildman–Crippen MR) is 105 cm³/mol. The van der Waals surface area contributed by atoms with E-state index in [1.165, 1.54) is 7.11 Å². The van der Waals surface area contributed by atoms with Crippen LogP contribution in [0.25, 0.3) is 10.9 Å². The second-order valence-corrected chi connectivity index (χ2v) is 8.28. The number of methoxy groups -OCH3 is 1. The van der Waals surface area contributed by atoms with Gasteiger partial charge in [0.15, 0.2) is 4.87 Å². The number of H-pyrrole nitrogens is 1. The highest BCUT2D eigenvalue weighted by atomic mass is 35.5. The Morgan fingerprint density at radius 3 is 2.89 bits per heavy atom. The minimum atomic E-state index is -1.23. The lowest BCUT2D eigenvalue weighted by Gasteiger charge is -2.55. The number of amides is 1. The zero-order valence-electron chi connectivity index (χ0n) is 15.5. The molecule has 2 bridgehead atoms. The molecule has 3 heterocycles. The first-order valence-corrected chi connectivity index (χ1v) is 9.61. The Kier molecular flexibility index (Phi) is 4.30. The molecule has 1 amide bonds. The van der Waals surface area contributed by atoms with Crippen molar-refractivity contribution in [1.29, 1.82) is 0 Å². The Hall–Kier alpha value is -2.27. The van der Waals surface area contributed by atoms with Crippen molar-refractivity contribution < 1.29 is 14.3 Å². The third-order valence-electron chi connectivity index (χ3n) is 6.10. The van der Waals surface area contributed by atoms with Gasteiger partial charge in [-0.05, 0) is 24.5 Å². The number of esters is 1. The molecule has 3 atom stereocenters. The normalized spacial score (nSPS) is 29.3. The molecule has 1 N–H and O–H groups in total. The number of halogens is 1. The van der Waals surface area contributed by atoms with Crippen molar-refractivity contribution in [2.45, 2.75) is 37.1 Å². The lowest BCUT2D eigenvalue weighted by molar-refractivity contribution is -0.153. The van der Waals surface area contributed by atoms with Gasteiger partial charge in [0.2, 0.25) is 5.91 Å². The molecule has 1 aliphatic carbocycles. The van der Waals surface area contributed by atoms with Gasteiger partial charge in [-0.2, -0.15) is 0 Å². The van der Waals surface area contributed by atoms with Gasteiger partial charge in [-0.15, -0.1) is 11.6 Å². The van der Waals surface area contributed by atoms with Crippen LogP contribution in [0.2, 0.25) is 0 Å². The molecule has 6 heteroatoms. The number of para-hydroxylation sites is 1. The first-order valence-electron chi connectivity index (χ1n) is 9.23. The molecule has 2 aliphatic heterocycles. The number of aromatic nitrogens is 1. The van der Waals surface area contributed by atoms with Gasteiger partial charge in [-0.3, -0.25) is 9.59 Å². The molecule has 0 radical (unpaired) electrons. The van der Waals surface area contributed by atoms with Crippen LogP contribution in [0.4, 0.5) is 0 Å². The smallest absolute Gasteiger partial charge is 0.329 e. The number of hydrogen-bond donors (Lipinski definition) is 1. The van der Waals surface area contributed by atoms with Crippen LogP contribution in [-0.2, 0) is 20.7 Å². The van der Waals surface area contributed by atoms with Crippen LogP contribution in [0.3, 0.4) is 0 Å². The Labute approximate surface area is 163 Å². The van der Waals surface area contributed by atoms with E-state index in [0.717, 1.165) is 22.9 Å². The molecule has 27 heavy (non-hydrogen) atoms. The van der Waals surface area contributed by atoms with Crippen molar-refractivity contribution >= 4 is 34.4 Å². The Balaban J connectivity index is 1.65. The number of rotatable bonds is 4. The minimum absolute atomic E-state index is 0.0273. The van der Waals surface area contributed by atoms with E-state index < -0.39 is 16.9 Å². The van der Waals surface area contributed by atoms with Crippen LogP contribution < -0.4 is 0 Å². The van der Waals surface area contributed by atoms with Gasteiger partial charge in [0.25, 0.3) is 0 Å². The molecular formula is C21H23ClN2O3. The summed E-state index contributed by atoms with van der Waals surface area (Å²) in [6, 6.07) is 7.43. The average Bonchev–Trinajstić information content (AvgIpc) is 3.10. The van der Waals surface area contributed by atoms with Crippen molar-refractivity contribution in [1.82, 2.24) is 9.88 Å². The van der Waals surface area contributed by atoms with Gasteiger partial charge in [0, 0.05) is 29.1 Å². The summed E-state index contributed by atoms with van der Waals surface area (Å²) >= 11 is 6.78. The highest BCUT2D eigenvalue weighted by molar-refractivity contribution is 6.35. The van der Waals surface area contributed by atoms with Crippen LogP contribution in [0, 0.1) is 5.41 Å². The summed E-state index contributed by atoms with van der Waals surface area (Å²) in [5, 5.41) is 1.04. The van der Waals surface area contributed by atoms with E-state index >= 15 is 0 Å². The van der Waals surface area contributed by atoms with Crippen molar-refractivity contribution in [2.75, 3.05) is 13.7 Å². The van der Waals surface area contributed by atoms with E-state index in [4.69, 9.17) is 16.3 Å². The standard InChI is InChI=1S/C21H23ClN2O3/c1-3-20-9-8-17(21(22,12-20)19(26)27-2)24(13-20)18(25)10-14-11-23-16-7-5-4-6-15(14)16/h4-9,11,17,23H,3,10,12-13H2,1-2H3/t17-,20+,21+/m1/s1. The van der Waals surface area contributed by atoms with Gasteiger partial charge < -0.3 is 14.6 Å². The van der Waals surface area contributed by atoms with Crippen molar-refractivity contribution in [2.24, 2.45) is 5.41 Å². The number of nitrogens with one attached hydrogen (secondary N) is 1. The number of benzene rings is 1. The SMILES string of the molecule is CC[C@@]12C=C[C@@H](N(C(=O)Cc3c[nH]c4ccccc34)C1)[C@](Cl)(C(=O)OC)C2. The molecule has 0 saturated carbocycles. The molecule has 1 saturated heterocycles. The fraction of sp³-hybridized carbons (Fsp3) is 0.429. The zero-order valence-corrected chi connectivity index (χ0v) is 16.3. The summed E-state index contributed by atoms with van der Waals surface area (Å²) in [5.41, 5.74) is 1.66. The van der Waals surface area contributed by atoms with Crippen LogP contribution >= 0.6 is 11.6 Å². The molecular weight excluding hydrogens is 364 g/mol. The number of carbonyl (C=O) groups excluding carboxylic acids is 2.